The number of aliphatic carboxylic acids is 1. The second-order valence-electron chi connectivity index (χ2n) is 6.34. The number of carboxylic acids is 1. The Kier molecular flexibility index (Phi) is 5.58. The Morgan fingerprint density at radius 1 is 1.27 bits per heavy atom. The van der Waals surface area contributed by atoms with Crippen LogP contribution in [0.5, 0.6) is 0 Å². The summed E-state index contributed by atoms with van der Waals surface area (Å²) in [6.45, 7) is 4.11. The lowest BCUT2D eigenvalue weighted by Gasteiger charge is -2.17. The zero-order chi connectivity index (χ0) is 16.1. The van der Waals surface area contributed by atoms with Crippen LogP contribution < -0.4 is 5.32 Å². The van der Waals surface area contributed by atoms with Crippen molar-refractivity contribution in [2.45, 2.75) is 57.9 Å². The van der Waals surface area contributed by atoms with Crippen LogP contribution in [0.4, 0.5) is 0 Å². The Bertz CT molecular complexity index is 520. The number of hydrogen-bond donors (Lipinski definition) is 2. The van der Waals surface area contributed by atoms with Crippen LogP contribution in [0, 0.1) is 5.92 Å². The first-order valence-electron chi connectivity index (χ1n) is 8.10. The van der Waals surface area contributed by atoms with Crippen LogP contribution in [0.25, 0.3) is 0 Å². The van der Waals surface area contributed by atoms with Gasteiger partial charge in [-0.1, -0.05) is 51.0 Å². The average Bonchev–Trinajstić information content (AvgIpc) is 3.30. The van der Waals surface area contributed by atoms with Gasteiger partial charge in [0.15, 0.2) is 0 Å². The van der Waals surface area contributed by atoms with Gasteiger partial charge in [-0.3, -0.25) is 4.79 Å². The highest BCUT2D eigenvalue weighted by Gasteiger charge is 2.30. The number of aryl methyl sites for hydroxylation is 1. The smallest absolute Gasteiger partial charge is 0.326 e. The maximum Gasteiger partial charge on any atom is 0.326 e. The normalized spacial score (nSPS) is 16.8. The molecule has 0 bridgehead atoms. The highest BCUT2D eigenvalue weighted by molar-refractivity contribution is 5.84. The molecule has 0 aliphatic heterocycles. The maximum absolute atomic E-state index is 12.1. The molecule has 2 rings (SSSR count). The summed E-state index contributed by atoms with van der Waals surface area (Å²) in [5, 5.41) is 11.9. The summed E-state index contributed by atoms with van der Waals surface area (Å²) in [5.41, 5.74) is 2.39. The lowest BCUT2D eigenvalue weighted by molar-refractivity contribution is -0.142. The van der Waals surface area contributed by atoms with Gasteiger partial charge in [0.1, 0.15) is 6.04 Å². The third kappa shape index (κ3) is 4.86. The number of rotatable bonds is 8. The van der Waals surface area contributed by atoms with Gasteiger partial charge in [0.2, 0.25) is 5.91 Å². The molecule has 0 aromatic heterocycles. The third-order valence-corrected chi connectivity index (χ3v) is 4.35. The molecule has 1 aromatic carbocycles. The lowest BCUT2D eigenvalue weighted by atomic mass is 9.96. The van der Waals surface area contributed by atoms with Crippen LogP contribution in [-0.4, -0.2) is 23.0 Å². The summed E-state index contributed by atoms with van der Waals surface area (Å²) < 4.78 is 0. The minimum Gasteiger partial charge on any atom is -0.480 e. The lowest BCUT2D eigenvalue weighted by Crippen LogP contribution is -2.41. The van der Waals surface area contributed by atoms with Crippen LogP contribution >= 0.6 is 0 Å². The zero-order valence-electron chi connectivity index (χ0n) is 13.3. The number of benzene rings is 1. The average molecular weight is 303 g/mol. The topological polar surface area (TPSA) is 66.4 Å². The van der Waals surface area contributed by atoms with Crippen molar-refractivity contribution in [3.8, 4) is 0 Å². The van der Waals surface area contributed by atoms with E-state index in [1.807, 2.05) is 6.92 Å². The van der Waals surface area contributed by atoms with E-state index in [1.165, 1.54) is 5.56 Å². The first-order chi connectivity index (χ1) is 10.5. The molecule has 0 saturated heterocycles. The summed E-state index contributed by atoms with van der Waals surface area (Å²) in [5.74, 6) is -0.554. The molecule has 0 radical (unpaired) electrons. The Morgan fingerprint density at radius 2 is 1.91 bits per heavy atom. The van der Waals surface area contributed by atoms with Crippen molar-refractivity contribution in [3.63, 3.8) is 0 Å². The number of amides is 1. The summed E-state index contributed by atoms with van der Waals surface area (Å²) in [7, 11) is 0. The summed E-state index contributed by atoms with van der Waals surface area (Å²) in [6, 6.07) is 7.52. The Balaban J connectivity index is 1.87. The summed E-state index contributed by atoms with van der Waals surface area (Å²) in [6.07, 6.45) is 4.04. The largest absolute Gasteiger partial charge is 0.480 e. The van der Waals surface area contributed by atoms with E-state index in [1.54, 1.807) is 0 Å². The molecule has 2 atom stereocenters. The number of carboxylic acid groups (broad SMARTS) is 1. The number of carbonyl (C=O) groups is 2. The van der Waals surface area contributed by atoms with Gasteiger partial charge in [0.25, 0.3) is 0 Å². The van der Waals surface area contributed by atoms with Gasteiger partial charge < -0.3 is 10.4 Å². The maximum atomic E-state index is 12.1. The first kappa shape index (κ1) is 16.5. The SMILES string of the molecule is CCc1ccc(C(C)CC(=O)NC(CC2CC2)C(=O)O)cc1. The van der Waals surface area contributed by atoms with E-state index in [0.717, 1.165) is 24.8 Å². The van der Waals surface area contributed by atoms with E-state index in [2.05, 4.69) is 36.5 Å². The minimum absolute atomic E-state index is 0.0845. The predicted octanol–water partition coefficient (Wildman–Crippen LogP) is 3.11. The summed E-state index contributed by atoms with van der Waals surface area (Å²) in [4.78, 5) is 23.3. The van der Waals surface area contributed by atoms with E-state index in [0.29, 0.717) is 18.8 Å². The highest BCUT2D eigenvalue weighted by Crippen LogP contribution is 2.33. The second kappa shape index (κ2) is 7.43. The highest BCUT2D eigenvalue weighted by atomic mass is 16.4. The predicted molar refractivity (Wildman–Crippen MR) is 85.8 cm³/mol. The molecule has 0 heterocycles. The van der Waals surface area contributed by atoms with E-state index in [9.17, 15) is 14.7 Å². The third-order valence-electron chi connectivity index (χ3n) is 4.35. The molecule has 22 heavy (non-hydrogen) atoms. The minimum atomic E-state index is -0.930. The Labute approximate surface area is 131 Å². The van der Waals surface area contributed by atoms with Crippen LogP contribution in [-0.2, 0) is 16.0 Å². The zero-order valence-corrected chi connectivity index (χ0v) is 13.3. The molecule has 2 unspecified atom stereocenters. The van der Waals surface area contributed by atoms with Gasteiger partial charge in [-0.15, -0.1) is 0 Å². The van der Waals surface area contributed by atoms with Crippen molar-refractivity contribution in [2.75, 3.05) is 0 Å². The van der Waals surface area contributed by atoms with Crippen LogP contribution in [0.15, 0.2) is 24.3 Å². The van der Waals surface area contributed by atoms with Gasteiger partial charge in [-0.25, -0.2) is 4.79 Å². The molecule has 1 saturated carbocycles. The van der Waals surface area contributed by atoms with Crippen molar-refractivity contribution in [1.82, 2.24) is 5.32 Å². The summed E-state index contributed by atoms with van der Waals surface area (Å²) >= 11 is 0. The van der Waals surface area contributed by atoms with Gasteiger partial charge in [-0.05, 0) is 35.8 Å². The molecule has 120 valence electrons. The first-order valence-corrected chi connectivity index (χ1v) is 8.10. The molecular formula is C18H25NO3. The van der Waals surface area contributed by atoms with Crippen molar-refractivity contribution < 1.29 is 14.7 Å². The molecule has 1 aromatic rings. The quantitative estimate of drug-likeness (QED) is 0.775. The van der Waals surface area contributed by atoms with E-state index in [4.69, 9.17) is 0 Å². The molecule has 1 aliphatic carbocycles. The van der Waals surface area contributed by atoms with E-state index >= 15 is 0 Å². The molecule has 0 spiro atoms. The molecule has 2 N–H and O–H groups in total. The van der Waals surface area contributed by atoms with E-state index in [-0.39, 0.29) is 11.8 Å². The van der Waals surface area contributed by atoms with Gasteiger partial charge in [0, 0.05) is 6.42 Å². The fourth-order valence-electron chi connectivity index (χ4n) is 2.64. The van der Waals surface area contributed by atoms with Crippen molar-refractivity contribution in [2.24, 2.45) is 5.92 Å². The Hall–Kier alpha value is -1.84. The number of carbonyl (C=O) groups excluding carboxylic acids is 1. The van der Waals surface area contributed by atoms with Crippen molar-refractivity contribution >= 4 is 11.9 Å². The van der Waals surface area contributed by atoms with Crippen LogP contribution in [0.3, 0.4) is 0 Å². The van der Waals surface area contributed by atoms with Crippen molar-refractivity contribution in [1.29, 1.82) is 0 Å². The van der Waals surface area contributed by atoms with Crippen LogP contribution in [0.2, 0.25) is 0 Å². The molecule has 1 amide bonds. The fraction of sp³-hybridized carbons (Fsp3) is 0.556. The molecule has 4 nitrogen and oxygen atoms in total. The molecule has 4 heteroatoms. The van der Waals surface area contributed by atoms with Crippen molar-refractivity contribution in [3.05, 3.63) is 35.4 Å². The monoisotopic (exact) mass is 303 g/mol. The van der Waals surface area contributed by atoms with Crippen LogP contribution in [0.1, 0.15) is 56.6 Å². The fourth-order valence-corrected chi connectivity index (χ4v) is 2.64. The molecule has 1 fully saturated rings. The molecular weight excluding hydrogens is 278 g/mol. The van der Waals surface area contributed by atoms with Gasteiger partial charge in [-0.2, -0.15) is 0 Å². The van der Waals surface area contributed by atoms with E-state index < -0.39 is 12.0 Å². The van der Waals surface area contributed by atoms with Gasteiger partial charge >= 0.3 is 5.97 Å². The number of hydrogen-bond acceptors (Lipinski definition) is 2. The molecule has 1 aliphatic rings. The van der Waals surface area contributed by atoms with Gasteiger partial charge in [0.05, 0.1) is 0 Å². The Morgan fingerprint density at radius 3 is 2.41 bits per heavy atom. The number of nitrogens with one attached hydrogen (secondary N) is 1. The standard InChI is InChI=1S/C18H25NO3/c1-3-13-6-8-15(9-7-13)12(2)10-17(20)19-16(18(21)22)11-14-4-5-14/h6-9,12,14,16H,3-5,10-11H2,1-2H3,(H,19,20)(H,21,22). The second-order valence-corrected chi connectivity index (χ2v) is 6.34.